The van der Waals surface area contributed by atoms with E-state index in [4.69, 9.17) is 0 Å². The first-order valence-electron chi connectivity index (χ1n) is 11.6. The minimum absolute atomic E-state index is 0.0110. The van der Waals surface area contributed by atoms with Gasteiger partial charge >= 0.3 is 0 Å². The molecule has 2 amide bonds. The Hall–Kier alpha value is -3.85. The molecule has 0 aromatic heterocycles. The maximum Gasteiger partial charge on any atom is 0.261 e. The van der Waals surface area contributed by atoms with E-state index in [-0.39, 0.29) is 16.9 Å². The van der Waals surface area contributed by atoms with Crippen molar-refractivity contribution in [1.82, 2.24) is 4.90 Å². The first-order valence-corrected chi connectivity index (χ1v) is 12.4. The normalized spacial score (nSPS) is 13.9. The Bertz CT molecular complexity index is 1370. The van der Waals surface area contributed by atoms with Crippen molar-refractivity contribution < 1.29 is 23.2 Å². The van der Waals surface area contributed by atoms with Gasteiger partial charge in [-0.2, -0.15) is 0 Å². The lowest BCUT2D eigenvalue weighted by Crippen LogP contribution is -2.50. The summed E-state index contributed by atoms with van der Waals surface area (Å²) in [5.41, 5.74) is 2.02. The van der Waals surface area contributed by atoms with Gasteiger partial charge in [-0.05, 0) is 83.0 Å². The van der Waals surface area contributed by atoms with Crippen LogP contribution in [0.25, 0.3) is 6.08 Å². The fraction of sp³-hybridized carbons (Fsp3) is 0.179. The summed E-state index contributed by atoms with van der Waals surface area (Å²) < 4.78 is 27.9. The number of piperazine rings is 1. The molecule has 0 unspecified atom stereocenters. The molecule has 1 aliphatic rings. The molecule has 190 valence electrons. The molecule has 0 atom stereocenters. The fourth-order valence-electron chi connectivity index (χ4n) is 3.99. The second kappa shape index (κ2) is 11.5. The Balaban J connectivity index is 1.54. The van der Waals surface area contributed by atoms with Gasteiger partial charge < -0.3 is 15.1 Å². The van der Waals surface area contributed by atoms with Crippen LogP contribution < -0.4 is 10.2 Å². The van der Waals surface area contributed by atoms with Gasteiger partial charge in [-0.3, -0.25) is 14.4 Å². The maximum atomic E-state index is 13.8. The van der Waals surface area contributed by atoms with E-state index in [9.17, 15) is 23.2 Å². The van der Waals surface area contributed by atoms with Crippen LogP contribution in [0.3, 0.4) is 0 Å². The predicted molar refractivity (Wildman–Crippen MR) is 142 cm³/mol. The van der Waals surface area contributed by atoms with Crippen LogP contribution in [-0.2, 0) is 9.59 Å². The highest BCUT2D eigenvalue weighted by Crippen LogP contribution is 2.24. The van der Waals surface area contributed by atoms with Crippen molar-refractivity contribution in [2.24, 2.45) is 0 Å². The number of carbonyl (C=O) groups excluding carboxylic acids is 3. The highest BCUT2D eigenvalue weighted by molar-refractivity contribution is 9.10. The minimum Gasteiger partial charge on any atom is -0.368 e. The molecule has 1 fully saturated rings. The van der Waals surface area contributed by atoms with Crippen LogP contribution >= 0.6 is 15.9 Å². The van der Waals surface area contributed by atoms with Crippen LogP contribution in [0.5, 0.6) is 0 Å². The second-order valence-electron chi connectivity index (χ2n) is 8.55. The van der Waals surface area contributed by atoms with Gasteiger partial charge in [-0.25, -0.2) is 8.78 Å². The predicted octanol–water partition coefficient (Wildman–Crippen LogP) is 5.30. The maximum absolute atomic E-state index is 13.8. The average Bonchev–Trinajstić information content (AvgIpc) is 2.90. The number of nitrogens with one attached hydrogen (secondary N) is 1. The number of amides is 2. The molecule has 1 saturated heterocycles. The molecule has 3 aromatic carbocycles. The van der Waals surface area contributed by atoms with Crippen molar-refractivity contribution in [2.45, 2.75) is 6.92 Å². The Kier molecular flexibility index (Phi) is 8.13. The summed E-state index contributed by atoms with van der Waals surface area (Å²) in [4.78, 5) is 41.9. The average molecular weight is 568 g/mol. The number of hydrogen-bond acceptors (Lipinski definition) is 4. The Morgan fingerprint density at radius 3 is 2.19 bits per heavy atom. The van der Waals surface area contributed by atoms with Crippen LogP contribution in [0.4, 0.5) is 20.2 Å². The van der Waals surface area contributed by atoms with Crippen molar-refractivity contribution in [3.05, 3.63) is 99.5 Å². The summed E-state index contributed by atoms with van der Waals surface area (Å²) in [5.74, 6) is -3.28. The zero-order chi connectivity index (χ0) is 26.5. The SMILES string of the molecule is CC(=O)c1ccc(N2CCN(C(=O)C(=Cc3ccc(F)c(F)c3)C(=O)Nc3ccccc3Br)CC2)cc1. The molecular formula is C28H24BrF2N3O3. The van der Waals surface area contributed by atoms with Crippen molar-refractivity contribution >= 4 is 51.0 Å². The summed E-state index contributed by atoms with van der Waals surface area (Å²) in [6.45, 7) is 3.26. The van der Waals surface area contributed by atoms with Gasteiger partial charge in [0.15, 0.2) is 17.4 Å². The molecule has 3 aromatic rings. The largest absolute Gasteiger partial charge is 0.368 e. The monoisotopic (exact) mass is 567 g/mol. The van der Waals surface area contributed by atoms with Crippen molar-refractivity contribution in [3.63, 3.8) is 0 Å². The van der Waals surface area contributed by atoms with E-state index in [1.165, 1.54) is 19.1 Å². The summed E-state index contributed by atoms with van der Waals surface area (Å²) >= 11 is 3.37. The summed E-state index contributed by atoms with van der Waals surface area (Å²) in [6.07, 6.45) is 1.27. The van der Waals surface area contributed by atoms with Crippen LogP contribution in [-0.4, -0.2) is 48.7 Å². The number of ketones is 1. The number of carbonyl (C=O) groups is 3. The van der Waals surface area contributed by atoms with Crippen LogP contribution in [0.1, 0.15) is 22.8 Å². The molecular weight excluding hydrogens is 544 g/mol. The zero-order valence-electron chi connectivity index (χ0n) is 20.0. The molecule has 37 heavy (non-hydrogen) atoms. The standard InChI is InChI=1S/C28H24BrF2N3O3/c1-18(35)20-7-9-21(10-8-20)33-12-14-34(15-13-33)28(37)22(16-19-6-11-24(30)25(31)17-19)27(36)32-26-5-3-2-4-23(26)29/h2-11,16-17H,12-15H2,1H3,(H,32,36). The number of Topliss-reactive ketones (excluding diaryl/α,β-unsaturated/α-hetero) is 1. The van der Waals surface area contributed by atoms with Crippen molar-refractivity contribution in [2.75, 3.05) is 36.4 Å². The molecule has 0 saturated carbocycles. The van der Waals surface area contributed by atoms with Crippen LogP contribution in [0.15, 0.2) is 76.8 Å². The molecule has 0 spiro atoms. The lowest BCUT2D eigenvalue weighted by atomic mass is 10.1. The van der Waals surface area contributed by atoms with E-state index in [0.717, 1.165) is 17.8 Å². The molecule has 0 aliphatic carbocycles. The number of anilines is 2. The van der Waals surface area contributed by atoms with E-state index >= 15 is 0 Å². The van der Waals surface area contributed by atoms with E-state index in [0.29, 0.717) is 41.9 Å². The molecule has 4 rings (SSSR count). The molecule has 1 aliphatic heterocycles. The first-order chi connectivity index (χ1) is 17.7. The van der Waals surface area contributed by atoms with E-state index in [2.05, 4.69) is 26.1 Å². The zero-order valence-corrected chi connectivity index (χ0v) is 21.6. The number of hydrogen-bond donors (Lipinski definition) is 1. The Morgan fingerprint density at radius 2 is 1.57 bits per heavy atom. The number of benzene rings is 3. The van der Waals surface area contributed by atoms with Crippen LogP contribution in [0.2, 0.25) is 0 Å². The van der Waals surface area contributed by atoms with E-state index in [1.54, 1.807) is 41.3 Å². The smallest absolute Gasteiger partial charge is 0.261 e. The molecule has 9 heteroatoms. The molecule has 0 bridgehead atoms. The third-order valence-electron chi connectivity index (χ3n) is 6.06. The van der Waals surface area contributed by atoms with Gasteiger partial charge in [0.25, 0.3) is 11.8 Å². The van der Waals surface area contributed by atoms with Gasteiger partial charge in [-0.15, -0.1) is 0 Å². The Labute approximate surface area is 221 Å². The molecule has 6 nitrogen and oxygen atoms in total. The Morgan fingerprint density at radius 1 is 0.892 bits per heavy atom. The fourth-order valence-corrected chi connectivity index (χ4v) is 4.37. The summed E-state index contributed by atoms with van der Waals surface area (Å²) in [5, 5.41) is 2.72. The van der Waals surface area contributed by atoms with E-state index in [1.807, 2.05) is 12.1 Å². The van der Waals surface area contributed by atoms with Gasteiger partial charge in [0.1, 0.15) is 5.57 Å². The molecule has 1 heterocycles. The number of rotatable bonds is 6. The third-order valence-corrected chi connectivity index (χ3v) is 6.75. The van der Waals surface area contributed by atoms with Gasteiger partial charge in [-0.1, -0.05) is 18.2 Å². The molecule has 1 N–H and O–H groups in total. The van der Waals surface area contributed by atoms with Gasteiger partial charge in [0, 0.05) is 41.9 Å². The lowest BCUT2D eigenvalue weighted by molar-refractivity contribution is -0.129. The third kappa shape index (κ3) is 6.29. The highest BCUT2D eigenvalue weighted by atomic mass is 79.9. The number of halogens is 3. The first kappa shape index (κ1) is 26.2. The second-order valence-corrected chi connectivity index (χ2v) is 9.40. The lowest BCUT2D eigenvalue weighted by Gasteiger charge is -2.36. The van der Waals surface area contributed by atoms with Gasteiger partial charge in [0.2, 0.25) is 0 Å². The highest BCUT2D eigenvalue weighted by Gasteiger charge is 2.28. The number of nitrogens with zero attached hydrogens (tertiary/aromatic N) is 2. The van der Waals surface area contributed by atoms with E-state index < -0.39 is 23.4 Å². The van der Waals surface area contributed by atoms with Crippen molar-refractivity contribution in [3.8, 4) is 0 Å². The minimum atomic E-state index is -1.07. The van der Waals surface area contributed by atoms with Crippen molar-refractivity contribution in [1.29, 1.82) is 0 Å². The summed E-state index contributed by atoms with van der Waals surface area (Å²) in [7, 11) is 0. The van der Waals surface area contributed by atoms with Crippen LogP contribution in [0, 0.1) is 11.6 Å². The molecule has 0 radical (unpaired) electrons. The topological polar surface area (TPSA) is 69.7 Å². The quantitative estimate of drug-likeness (QED) is 0.190. The van der Waals surface area contributed by atoms with Gasteiger partial charge in [0.05, 0.1) is 5.69 Å². The summed E-state index contributed by atoms with van der Waals surface area (Å²) in [6, 6.07) is 17.4. The number of para-hydroxylation sites is 1.